The Kier molecular flexibility index (Phi) is 7.18. The summed E-state index contributed by atoms with van der Waals surface area (Å²) >= 11 is 0. The lowest BCUT2D eigenvalue weighted by Crippen LogP contribution is -2.11. The summed E-state index contributed by atoms with van der Waals surface area (Å²) in [7, 11) is -2.48. The van der Waals surface area contributed by atoms with Gasteiger partial charge in [-0.2, -0.15) is 0 Å². The summed E-state index contributed by atoms with van der Waals surface area (Å²) in [5.74, 6) is -0.395. The van der Waals surface area contributed by atoms with Crippen LogP contribution < -0.4 is 4.89 Å². The van der Waals surface area contributed by atoms with Crippen LogP contribution >= 0.6 is 8.03 Å². The van der Waals surface area contributed by atoms with Crippen molar-refractivity contribution in [3.05, 3.63) is 11.1 Å². The molecule has 86 valence electrons. The molecule has 1 unspecified atom stereocenters. The van der Waals surface area contributed by atoms with Crippen LogP contribution in [-0.2, 0) is 14.1 Å². The van der Waals surface area contributed by atoms with E-state index in [-0.39, 0.29) is 6.16 Å². The second-order valence-electron chi connectivity index (χ2n) is 3.00. The normalized spacial score (nSPS) is 13.2. The second-order valence-corrected chi connectivity index (χ2v) is 3.98. The van der Waals surface area contributed by atoms with Crippen molar-refractivity contribution in [1.29, 1.82) is 0 Å². The third-order valence-electron chi connectivity index (χ3n) is 2.05. The predicted molar refractivity (Wildman–Crippen MR) is 56.7 cm³/mol. The summed E-state index contributed by atoms with van der Waals surface area (Å²) in [6.07, 6.45) is 1.02. The Balaban J connectivity index is 4.88. The van der Waals surface area contributed by atoms with Gasteiger partial charge in [-0.3, -0.25) is 0 Å². The zero-order valence-electron chi connectivity index (χ0n) is 9.41. The lowest BCUT2D eigenvalue weighted by molar-refractivity contribution is -0.163. The molecular weight excluding hydrogens is 215 g/mol. The first kappa shape index (κ1) is 14.3. The number of rotatable bonds is 6. The van der Waals surface area contributed by atoms with Crippen molar-refractivity contribution in [2.75, 3.05) is 12.8 Å². The van der Waals surface area contributed by atoms with E-state index in [0.29, 0.717) is 30.6 Å². The number of hydrogen-bond acceptors (Lipinski definition) is 4. The predicted octanol–water partition coefficient (Wildman–Crippen LogP) is 1.77. The molecule has 0 N–H and O–H groups in total. The molecule has 0 aromatic carbocycles. The first-order chi connectivity index (χ1) is 7.06. The van der Waals surface area contributed by atoms with E-state index >= 15 is 0 Å². The average Bonchev–Trinajstić information content (AvgIpc) is 2.17. The highest BCUT2D eigenvalue weighted by Gasteiger charge is 2.17. The molecule has 0 aliphatic rings. The highest BCUT2D eigenvalue weighted by molar-refractivity contribution is 7.36. The van der Waals surface area contributed by atoms with Gasteiger partial charge in [0.2, 0.25) is 0 Å². The topological polar surface area (TPSA) is 66.4 Å². The molecule has 15 heavy (non-hydrogen) atoms. The van der Waals surface area contributed by atoms with Gasteiger partial charge < -0.3 is 9.63 Å². The molecule has 1 atom stereocenters. The van der Waals surface area contributed by atoms with E-state index in [4.69, 9.17) is 4.74 Å². The molecule has 0 aromatic rings. The molecule has 0 amide bonds. The van der Waals surface area contributed by atoms with E-state index < -0.39 is 14.0 Å². The minimum Gasteiger partial charge on any atom is -0.595 e. The number of allylic oxidation sites excluding steroid dienone is 1. The first-order valence-electron chi connectivity index (χ1n) is 5.06. The molecule has 0 aromatic heterocycles. The standard InChI is InChI=1S/C10H17O4P/c1-4-8(7-15(12)13)9(5-2)10(11)14-6-3/h4-7H2,1-3H3. The highest BCUT2D eigenvalue weighted by Crippen LogP contribution is 2.22. The summed E-state index contributed by atoms with van der Waals surface area (Å²) in [6.45, 7) is 5.69. The van der Waals surface area contributed by atoms with Crippen molar-refractivity contribution in [3.63, 3.8) is 0 Å². The molecule has 0 aliphatic heterocycles. The van der Waals surface area contributed by atoms with Gasteiger partial charge in [0.15, 0.2) is 6.16 Å². The Hall–Kier alpha value is -0.730. The Morgan fingerprint density at radius 1 is 1.27 bits per heavy atom. The van der Waals surface area contributed by atoms with Crippen molar-refractivity contribution in [2.24, 2.45) is 0 Å². The van der Waals surface area contributed by atoms with Gasteiger partial charge >= 0.3 is 14.0 Å². The Labute approximate surface area is 91.2 Å². The largest absolute Gasteiger partial charge is 0.595 e. The maximum absolute atomic E-state index is 11.5. The average molecular weight is 232 g/mol. The Bertz CT molecular complexity index is 271. The summed E-state index contributed by atoms with van der Waals surface area (Å²) in [5, 5.41) is 0. The summed E-state index contributed by atoms with van der Waals surface area (Å²) in [5.41, 5.74) is 1.16. The van der Waals surface area contributed by atoms with E-state index in [1.807, 2.05) is 13.8 Å². The maximum atomic E-state index is 11.5. The SMILES string of the molecule is CCOC(=O)C(CC)=C(CC)C[P+](=O)[O-]. The number of hydrogen-bond donors (Lipinski definition) is 0. The molecule has 0 spiro atoms. The first-order valence-corrected chi connectivity index (χ1v) is 6.42. The molecular formula is C10H17O4P. The van der Waals surface area contributed by atoms with Gasteiger partial charge in [-0.25, -0.2) is 4.79 Å². The Morgan fingerprint density at radius 2 is 1.87 bits per heavy atom. The van der Waals surface area contributed by atoms with Crippen molar-refractivity contribution < 1.29 is 19.0 Å². The van der Waals surface area contributed by atoms with Crippen molar-refractivity contribution in [2.45, 2.75) is 33.6 Å². The van der Waals surface area contributed by atoms with Crippen LogP contribution in [0.25, 0.3) is 0 Å². The zero-order chi connectivity index (χ0) is 11.8. The zero-order valence-corrected chi connectivity index (χ0v) is 10.3. The van der Waals surface area contributed by atoms with E-state index in [0.717, 1.165) is 0 Å². The maximum Gasteiger partial charge on any atom is 0.334 e. The fourth-order valence-electron chi connectivity index (χ4n) is 1.33. The number of esters is 1. The van der Waals surface area contributed by atoms with Crippen LogP contribution in [0.4, 0.5) is 0 Å². The molecule has 0 aliphatic carbocycles. The summed E-state index contributed by atoms with van der Waals surface area (Å²) in [6, 6.07) is 0. The van der Waals surface area contributed by atoms with Gasteiger partial charge in [-0.05, 0) is 25.3 Å². The smallest absolute Gasteiger partial charge is 0.334 e. The van der Waals surface area contributed by atoms with Crippen molar-refractivity contribution in [3.8, 4) is 0 Å². The van der Waals surface area contributed by atoms with Crippen LogP contribution in [0.1, 0.15) is 33.6 Å². The second kappa shape index (κ2) is 7.55. The monoisotopic (exact) mass is 232 g/mol. The minimum absolute atomic E-state index is 0.0478. The molecule has 0 heterocycles. The number of carbonyl (C=O) groups excluding carboxylic acids is 1. The third-order valence-corrected chi connectivity index (χ3v) is 2.69. The third kappa shape index (κ3) is 5.05. The van der Waals surface area contributed by atoms with Crippen LogP contribution in [0, 0.1) is 0 Å². The van der Waals surface area contributed by atoms with E-state index in [9.17, 15) is 14.3 Å². The number of carbonyl (C=O) groups is 1. The molecule has 0 saturated heterocycles. The van der Waals surface area contributed by atoms with Crippen molar-refractivity contribution in [1.82, 2.24) is 0 Å². The molecule has 0 saturated carbocycles. The molecule has 0 fully saturated rings. The van der Waals surface area contributed by atoms with Gasteiger partial charge in [0.05, 0.1) is 6.61 Å². The lowest BCUT2D eigenvalue weighted by atomic mass is 10.1. The molecule has 0 bridgehead atoms. The molecule has 0 radical (unpaired) electrons. The fraction of sp³-hybridized carbons (Fsp3) is 0.700. The highest BCUT2D eigenvalue weighted by atomic mass is 31.1. The van der Waals surface area contributed by atoms with E-state index in [1.165, 1.54) is 0 Å². The lowest BCUT2D eigenvalue weighted by Gasteiger charge is -2.08. The van der Waals surface area contributed by atoms with Gasteiger partial charge in [-0.1, -0.05) is 18.4 Å². The summed E-state index contributed by atoms with van der Waals surface area (Å²) in [4.78, 5) is 22.1. The molecule has 4 nitrogen and oxygen atoms in total. The van der Waals surface area contributed by atoms with Gasteiger partial charge in [0, 0.05) is 5.57 Å². The number of ether oxygens (including phenoxy) is 1. The van der Waals surface area contributed by atoms with Crippen molar-refractivity contribution >= 4 is 14.0 Å². The molecule has 0 rings (SSSR count). The van der Waals surface area contributed by atoms with Gasteiger partial charge in [0.1, 0.15) is 0 Å². The van der Waals surface area contributed by atoms with Crippen LogP contribution in [0.15, 0.2) is 11.1 Å². The van der Waals surface area contributed by atoms with E-state index in [1.54, 1.807) is 6.92 Å². The van der Waals surface area contributed by atoms with Crippen LogP contribution in [0.2, 0.25) is 0 Å². The fourth-order valence-corrected chi connectivity index (χ4v) is 2.06. The van der Waals surface area contributed by atoms with Crippen LogP contribution in [0.5, 0.6) is 0 Å². The summed E-state index contributed by atoms with van der Waals surface area (Å²) < 4.78 is 15.5. The van der Waals surface area contributed by atoms with E-state index in [2.05, 4.69) is 0 Å². The quantitative estimate of drug-likeness (QED) is 0.397. The van der Waals surface area contributed by atoms with Gasteiger partial charge in [-0.15, -0.1) is 0 Å². The van der Waals surface area contributed by atoms with Crippen LogP contribution in [0.3, 0.4) is 0 Å². The Morgan fingerprint density at radius 3 is 2.20 bits per heavy atom. The minimum atomic E-state index is -2.48. The van der Waals surface area contributed by atoms with Crippen LogP contribution in [-0.4, -0.2) is 18.7 Å². The van der Waals surface area contributed by atoms with Gasteiger partial charge in [0.25, 0.3) is 0 Å². The molecule has 5 heteroatoms.